The molecule has 0 saturated carbocycles. The molecule has 2 nitrogen and oxygen atoms in total. The first-order valence-electron chi connectivity index (χ1n) is 2.02. The smallest absolute Gasteiger partial charge is 0.186 e. The fraction of sp³-hybridized carbons (Fsp3) is 0.750. The van der Waals surface area contributed by atoms with Crippen LogP contribution in [0, 0.1) is 0 Å². The lowest BCUT2D eigenvalue weighted by atomic mass is 10.8. The summed E-state index contributed by atoms with van der Waals surface area (Å²) in [6.45, 7) is 2.26. The van der Waals surface area contributed by atoms with Gasteiger partial charge >= 0.3 is 0 Å². The Hall–Kier alpha value is -0.0800. The van der Waals surface area contributed by atoms with Crippen LogP contribution >= 0.6 is 11.6 Å². The van der Waals surface area contributed by atoms with Gasteiger partial charge in [0, 0.05) is 6.61 Å². The van der Waals surface area contributed by atoms with E-state index in [-0.39, 0.29) is 0 Å². The zero-order valence-electron chi connectivity index (χ0n) is 4.06. The minimum Gasteiger partial charge on any atom is -0.356 e. The van der Waals surface area contributed by atoms with Crippen molar-refractivity contribution >= 4 is 17.9 Å². The third-order valence-electron chi connectivity index (χ3n) is 0.433. The van der Waals surface area contributed by atoms with Crippen LogP contribution in [0.25, 0.3) is 0 Å². The fourth-order valence-corrected chi connectivity index (χ4v) is 0.324. The Labute approximate surface area is 47.4 Å². The molecule has 0 aromatic heterocycles. The fourth-order valence-electron chi connectivity index (χ4n) is 0.199. The molecule has 0 fully saturated rings. The minimum absolute atomic E-state index is 0.479. The maximum Gasteiger partial charge on any atom is 0.186 e. The molecule has 0 aliphatic carbocycles. The number of ether oxygens (including phenoxy) is 1. The molecule has 7 heavy (non-hydrogen) atoms. The van der Waals surface area contributed by atoms with Gasteiger partial charge in [-0.1, -0.05) is 11.6 Å². The van der Waals surface area contributed by atoms with Gasteiger partial charge in [0.1, 0.15) is 0 Å². The molecule has 0 bridgehead atoms. The number of rotatable bonds is 3. The third-order valence-corrected chi connectivity index (χ3v) is 0.662. The average molecular weight is 123 g/mol. The molecule has 0 amide bonds. The van der Waals surface area contributed by atoms with Crippen molar-refractivity contribution in [1.29, 1.82) is 0 Å². The van der Waals surface area contributed by atoms with E-state index in [9.17, 15) is 4.79 Å². The van der Waals surface area contributed by atoms with Gasteiger partial charge in [-0.25, -0.2) is 0 Å². The molecule has 0 aliphatic heterocycles. The summed E-state index contributed by atoms with van der Waals surface area (Å²) in [6, 6.07) is 0. The highest BCUT2D eigenvalue weighted by molar-refractivity contribution is 6.26. The topological polar surface area (TPSA) is 26.3 Å². The van der Waals surface area contributed by atoms with Crippen molar-refractivity contribution < 1.29 is 9.53 Å². The highest BCUT2D eigenvalue weighted by Gasteiger charge is 1.95. The van der Waals surface area contributed by atoms with E-state index in [1.54, 1.807) is 6.92 Å². The average Bonchev–Trinajstić information content (AvgIpc) is 1.68. The van der Waals surface area contributed by atoms with Crippen LogP contribution in [-0.4, -0.2) is 18.5 Å². The first-order chi connectivity index (χ1) is 3.31. The van der Waals surface area contributed by atoms with Crippen LogP contribution in [0.5, 0.6) is 0 Å². The molecule has 0 aromatic carbocycles. The van der Waals surface area contributed by atoms with E-state index in [0.717, 1.165) is 0 Å². The molecule has 1 atom stereocenters. The Balaban J connectivity index is 2.98. The molecule has 0 radical (unpaired) electrons. The normalized spacial score (nSPS) is 13.4. The molecular formula is C4H7ClO2. The second-order valence-corrected chi connectivity index (χ2v) is 1.37. The second-order valence-electron chi connectivity index (χ2n) is 0.943. The number of halogens is 1. The summed E-state index contributed by atoms with van der Waals surface area (Å²) in [5, 5.41) is 0. The van der Waals surface area contributed by atoms with Crippen molar-refractivity contribution in [1.82, 2.24) is 0 Å². The van der Waals surface area contributed by atoms with Gasteiger partial charge in [-0.3, -0.25) is 4.79 Å². The summed E-state index contributed by atoms with van der Waals surface area (Å²) < 4.78 is 4.59. The Morgan fingerprint density at radius 2 is 2.57 bits per heavy atom. The lowest BCUT2D eigenvalue weighted by Crippen LogP contribution is -2.04. The van der Waals surface area contributed by atoms with Crippen LogP contribution in [0.4, 0.5) is 0 Å². The number of carbonyl (C=O) groups is 1. The zero-order chi connectivity index (χ0) is 5.70. The Bertz CT molecular complexity index is 55.7. The first-order valence-corrected chi connectivity index (χ1v) is 2.46. The van der Waals surface area contributed by atoms with E-state index in [0.29, 0.717) is 12.9 Å². The number of alkyl halides is 1. The van der Waals surface area contributed by atoms with Crippen LogP contribution in [0.1, 0.15) is 6.92 Å². The SMILES string of the molecule is CCOC(Cl)C=O. The van der Waals surface area contributed by atoms with Gasteiger partial charge in [0.05, 0.1) is 0 Å². The predicted molar refractivity (Wildman–Crippen MR) is 27.3 cm³/mol. The van der Waals surface area contributed by atoms with Crippen molar-refractivity contribution in [3.05, 3.63) is 0 Å². The van der Waals surface area contributed by atoms with Crippen molar-refractivity contribution in [3.63, 3.8) is 0 Å². The molecule has 0 N–H and O–H groups in total. The van der Waals surface area contributed by atoms with Gasteiger partial charge in [-0.15, -0.1) is 0 Å². The first kappa shape index (κ1) is 6.92. The molecule has 0 spiro atoms. The molecule has 0 aliphatic rings. The van der Waals surface area contributed by atoms with Crippen LogP contribution < -0.4 is 0 Å². The summed E-state index contributed by atoms with van der Waals surface area (Å²) >= 11 is 5.18. The quantitative estimate of drug-likeness (QED) is 0.409. The zero-order valence-corrected chi connectivity index (χ0v) is 4.81. The molecule has 0 rings (SSSR count). The third kappa shape index (κ3) is 3.76. The van der Waals surface area contributed by atoms with E-state index in [1.807, 2.05) is 0 Å². The largest absolute Gasteiger partial charge is 0.356 e. The second kappa shape index (κ2) is 4.09. The van der Waals surface area contributed by atoms with Crippen LogP contribution in [0.3, 0.4) is 0 Å². The monoisotopic (exact) mass is 122 g/mol. The number of hydrogen-bond acceptors (Lipinski definition) is 2. The predicted octanol–water partition coefficient (Wildman–Crippen LogP) is 0.787. The molecular weight excluding hydrogens is 115 g/mol. The van der Waals surface area contributed by atoms with Gasteiger partial charge in [0.25, 0.3) is 0 Å². The van der Waals surface area contributed by atoms with Crippen LogP contribution in [-0.2, 0) is 9.53 Å². The molecule has 0 saturated heterocycles. The van der Waals surface area contributed by atoms with Gasteiger partial charge in [0.2, 0.25) is 0 Å². The summed E-state index contributed by atoms with van der Waals surface area (Å²) in [6.07, 6.45) is 0.547. The van der Waals surface area contributed by atoms with Crippen LogP contribution in [0.15, 0.2) is 0 Å². The highest BCUT2D eigenvalue weighted by atomic mass is 35.5. The van der Waals surface area contributed by atoms with Gasteiger partial charge in [0.15, 0.2) is 11.8 Å². The molecule has 3 heteroatoms. The van der Waals surface area contributed by atoms with Gasteiger partial charge < -0.3 is 4.74 Å². The van der Waals surface area contributed by atoms with E-state index in [4.69, 9.17) is 11.6 Å². The Morgan fingerprint density at radius 3 is 2.71 bits per heavy atom. The standard InChI is InChI=1S/C4H7ClO2/c1-2-7-4(5)3-6/h3-4H,2H2,1H3. The summed E-state index contributed by atoms with van der Waals surface area (Å²) in [5.41, 5.74) is -0.759. The highest BCUT2D eigenvalue weighted by Crippen LogP contribution is 1.90. The van der Waals surface area contributed by atoms with Gasteiger partial charge in [-0.2, -0.15) is 0 Å². The number of aldehydes is 1. The summed E-state index contributed by atoms with van der Waals surface area (Å²) in [5.74, 6) is 0. The summed E-state index contributed by atoms with van der Waals surface area (Å²) in [4.78, 5) is 9.64. The lowest BCUT2D eigenvalue weighted by molar-refractivity contribution is -0.113. The number of carbonyl (C=O) groups excluding carboxylic acids is 1. The maximum atomic E-state index is 9.64. The number of hydrogen-bond donors (Lipinski definition) is 0. The molecule has 0 heterocycles. The molecule has 1 unspecified atom stereocenters. The van der Waals surface area contributed by atoms with Crippen molar-refractivity contribution in [2.24, 2.45) is 0 Å². The van der Waals surface area contributed by atoms with E-state index >= 15 is 0 Å². The van der Waals surface area contributed by atoms with E-state index in [1.165, 1.54) is 0 Å². The Morgan fingerprint density at radius 1 is 2.00 bits per heavy atom. The van der Waals surface area contributed by atoms with Crippen molar-refractivity contribution in [3.8, 4) is 0 Å². The van der Waals surface area contributed by atoms with Gasteiger partial charge in [-0.05, 0) is 6.92 Å². The van der Waals surface area contributed by atoms with Crippen molar-refractivity contribution in [2.75, 3.05) is 6.61 Å². The molecule has 42 valence electrons. The van der Waals surface area contributed by atoms with E-state index in [2.05, 4.69) is 4.74 Å². The van der Waals surface area contributed by atoms with E-state index < -0.39 is 5.56 Å². The van der Waals surface area contributed by atoms with Crippen molar-refractivity contribution in [2.45, 2.75) is 12.5 Å². The minimum atomic E-state index is -0.759. The Kier molecular flexibility index (Phi) is 4.04. The maximum absolute atomic E-state index is 9.64. The van der Waals surface area contributed by atoms with Crippen LogP contribution in [0.2, 0.25) is 0 Å². The summed E-state index contributed by atoms with van der Waals surface area (Å²) in [7, 11) is 0. The molecule has 0 aromatic rings. The lowest BCUT2D eigenvalue weighted by Gasteiger charge is -1.96.